The van der Waals surface area contributed by atoms with Crippen LogP contribution in [-0.4, -0.2) is 43.3 Å². The molecular weight excluding hydrogens is 748 g/mol. The van der Waals surface area contributed by atoms with Gasteiger partial charge in [-0.2, -0.15) is 0 Å². The SMILES string of the molecule is CC/C=C\C/C=C\C/C=C\C/C=C\CCCCCCCCCCC(=O)OC(COC(=O)CCCCCCCCC/C=C\C/C=C\CCCCCC)COP(=O)(O)OC. The van der Waals surface area contributed by atoms with Gasteiger partial charge in [-0.15, -0.1) is 0 Å². The number of hydrogen-bond donors (Lipinski definition) is 1. The molecule has 0 bridgehead atoms. The van der Waals surface area contributed by atoms with Gasteiger partial charge in [-0.05, 0) is 83.5 Å². The highest BCUT2D eigenvalue weighted by Gasteiger charge is 2.24. The summed E-state index contributed by atoms with van der Waals surface area (Å²) >= 11 is 0. The summed E-state index contributed by atoms with van der Waals surface area (Å²) in [4.78, 5) is 34.6. The lowest BCUT2D eigenvalue weighted by Gasteiger charge is -2.19. The largest absolute Gasteiger partial charge is 0.472 e. The maximum atomic E-state index is 12.5. The van der Waals surface area contributed by atoms with Crippen LogP contribution in [0.5, 0.6) is 0 Å². The van der Waals surface area contributed by atoms with E-state index >= 15 is 0 Å². The third-order valence-corrected chi connectivity index (χ3v) is 10.6. The average Bonchev–Trinajstić information content (AvgIpc) is 3.21. The van der Waals surface area contributed by atoms with E-state index in [-0.39, 0.29) is 25.4 Å². The molecule has 8 nitrogen and oxygen atoms in total. The summed E-state index contributed by atoms with van der Waals surface area (Å²) < 4.78 is 32.1. The number of hydrogen-bond acceptors (Lipinski definition) is 7. The Labute approximate surface area is 355 Å². The molecule has 0 saturated carbocycles. The van der Waals surface area contributed by atoms with Gasteiger partial charge in [0.25, 0.3) is 0 Å². The number of carbonyl (C=O) groups is 2. The molecule has 334 valence electrons. The lowest BCUT2D eigenvalue weighted by Crippen LogP contribution is -2.29. The van der Waals surface area contributed by atoms with Gasteiger partial charge in [0.05, 0.1) is 6.61 Å². The number of allylic oxidation sites excluding steroid dienone is 12. The molecule has 0 aromatic rings. The van der Waals surface area contributed by atoms with Crippen molar-refractivity contribution >= 4 is 19.8 Å². The first kappa shape index (κ1) is 55.5. The highest BCUT2D eigenvalue weighted by Crippen LogP contribution is 2.42. The standard InChI is InChI=1S/C49H85O8P/c1-4-6-8-10-12-14-16-18-20-22-24-25-26-28-30-32-34-36-38-40-42-44-49(51)57-47(46-56-58(52,53)54-3)45-55-48(50)43-41-39-37-35-33-31-29-27-23-21-19-17-15-13-11-9-7-5-2/h6,8,12,14-15,17-18,20-21,23-25,47H,4-5,7,9-11,13,16,19,22,26-46H2,1-3H3,(H,52,53)/b8-6-,14-12-,17-15-,20-18-,23-21-,25-24-. The summed E-state index contributed by atoms with van der Waals surface area (Å²) in [5, 5.41) is 0. The van der Waals surface area contributed by atoms with Crippen LogP contribution in [0.15, 0.2) is 72.9 Å². The molecule has 0 spiro atoms. The Morgan fingerprint density at radius 1 is 0.500 bits per heavy atom. The zero-order valence-electron chi connectivity index (χ0n) is 37.2. The van der Waals surface area contributed by atoms with Crippen LogP contribution in [0.4, 0.5) is 0 Å². The van der Waals surface area contributed by atoms with Crippen molar-refractivity contribution in [2.45, 2.75) is 206 Å². The molecule has 58 heavy (non-hydrogen) atoms. The first-order valence-electron chi connectivity index (χ1n) is 23.1. The van der Waals surface area contributed by atoms with Gasteiger partial charge in [-0.25, -0.2) is 4.57 Å². The van der Waals surface area contributed by atoms with Crippen molar-refractivity contribution < 1.29 is 37.6 Å². The fourth-order valence-electron chi connectivity index (χ4n) is 6.15. The topological polar surface area (TPSA) is 108 Å². The first-order chi connectivity index (χ1) is 28.3. The van der Waals surface area contributed by atoms with Gasteiger partial charge in [0.15, 0.2) is 6.10 Å². The quantitative estimate of drug-likeness (QED) is 0.0280. The fraction of sp³-hybridized carbons (Fsp3) is 0.714. The minimum atomic E-state index is -4.27. The van der Waals surface area contributed by atoms with Gasteiger partial charge in [0, 0.05) is 20.0 Å². The zero-order chi connectivity index (χ0) is 42.5. The van der Waals surface area contributed by atoms with Crippen molar-refractivity contribution in [1.29, 1.82) is 0 Å². The van der Waals surface area contributed by atoms with Gasteiger partial charge in [-0.3, -0.25) is 18.6 Å². The molecule has 0 aromatic carbocycles. The number of phosphoric acid groups is 1. The Morgan fingerprint density at radius 3 is 1.31 bits per heavy atom. The van der Waals surface area contributed by atoms with Crippen LogP contribution in [0, 0.1) is 0 Å². The maximum absolute atomic E-state index is 12.5. The van der Waals surface area contributed by atoms with E-state index in [1.807, 2.05) is 0 Å². The molecule has 2 unspecified atom stereocenters. The molecule has 0 saturated heterocycles. The molecule has 0 amide bonds. The monoisotopic (exact) mass is 833 g/mol. The second-order valence-electron chi connectivity index (χ2n) is 15.2. The number of carbonyl (C=O) groups excluding carboxylic acids is 2. The van der Waals surface area contributed by atoms with Crippen LogP contribution in [0.1, 0.15) is 200 Å². The Balaban J connectivity index is 4.00. The minimum absolute atomic E-state index is 0.230. The Morgan fingerprint density at radius 2 is 0.879 bits per heavy atom. The summed E-state index contributed by atoms with van der Waals surface area (Å²) in [5.74, 6) is -0.824. The van der Waals surface area contributed by atoms with Crippen LogP contribution in [0.2, 0.25) is 0 Å². The highest BCUT2D eigenvalue weighted by molar-refractivity contribution is 7.47. The van der Waals surface area contributed by atoms with Crippen LogP contribution in [0.3, 0.4) is 0 Å². The molecule has 2 atom stereocenters. The minimum Gasteiger partial charge on any atom is -0.462 e. The number of rotatable bonds is 42. The third kappa shape index (κ3) is 43.1. The number of esters is 2. The second kappa shape index (κ2) is 44.1. The van der Waals surface area contributed by atoms with Gasteiger partial charge in [-0.1, -0.05) is 177 Å². The highest BCUT2D eigenvalue weighted by atomic mass is 31.2. The van der Waals surface area contributed by atoms with Crippen molar-refractivity contribution in [3.8, 4) is 0 Å². The molecule has 0 fully saturated rings. The van der Waals surface area contributed by atoms with Gasteiger partial charge in [0.2, 0.25) is 0 Å². The molecular formula is C49H85O8P. The molecule has 0 aliphatic heterocycles. The van der Waals surface area contributed by atoms with Crippen LogP contribution in [-0.2, 0) is 32.7 Å². The van der Waals surface area contributed by atoms with Crippen molar-refractivity contribution in [1.82, 2.24) is 0 Å². The Kier molecular flexibility index (Phi) is 42.1. The summed E-state index contributed by atoms with van der Waals surface area (Å²) in [5.41, 5.74) is 0. The normalized spacial score (nSPS) is 13.9. The van der Waals surface area contributed by atoms with Crippen molar-refractivity contribution in [2.24, 2.45) is 0 Å². The van der Waals surface area contributed by atoms with Crippen molar-refractivity contribution in [3.05, 3.63) is 72.9 Å². The number of phosphoric ester groups is 1. The second-order valence-corrected chi connectivity index (χ2v) is 16.7. The number of unbranched alkanes of at least 4 members (excludes halogenated alkanes) is 19. The van der Waals surface area contributed by atoms with Gasteiger partial charge in [0.1, 0.15) is 6.61 Å². The molecule has 0 aliphatic carbocycles. The fourth-order valence-corrected chi connectivity index (χ4v) is 6.61. The summed E-state index contributed by atoms with van der Waals surface area (Å²) in [6.45, 7) is 3.75. The molecule has 0 heterocycles. The summed E-state index contributed by atoms with van der Waals surface area (Å²) in [6.07, 6.45) is 56.6. The average molecular weight is 833 g/mol. The molecule has 0 aliphatic rings. The van der Waals surface area contributed by atoms with E-state index in [0.29, 0.717) is 6.42 Å². The Bertz CT molecular complexity index is 1170. The van der Waals surface area contributed by atoms with E-state index in [9.17, 15) is 19.0 Å². The van der Waals surface area contributed by atoms with Crippen LogP contribution >= 0.6 is 7.82 Å². The molecule has 0 radical (unpaired) electrons. The summed E-state index contributed by atoms with van der Waals surface area (Å²) in [6, 6.07) is 0. The van der Waals surface area contributed by atoms with Gasteiger partial charge < -0.3 is 14.4 Å². The van der Waals surface area contributed by atoms with E-state index in [4.69, 9.17) is 14.0 Å². The van der Waals surface area contributed by atoms with E-state index < -0.39 is 26.5 Å². The first-order valence-corrected chi connectivity index (χ1v) is 24.6. The maximum Gasteiger partial charge on any atom is 0.472 e. The Hall–Kier alpha value is -2.51. The zero-order valence-corrected chi connectivity index (χ0v) is 38.1. The lowest BCUT2D eigenvalue weighted by molar-refractivity contribution is -0.161. The lowest BCUT2D eigenvalue weighted by atomic mass is 10.1. The predicted molar refractivity (Wildman–Crippen MR) is 244 cm³/mol. The van der Waals surface area contributed by atoms with Crippen molar-refractivity contribution in [2.75, 3.05) is 20.3 Å². The predicted octanol–water partition coefficient (Wildman–Crippen LogP) is 14.9. The molecule has 9 heteroatoms. The molecule has 0 aromatic heterocycles. The van der Waals surface area contributed by atoms with Crippen LogP contribution in [0.25, 0.3) is 0 Å². The number of ether oxygens (including phenoxy) is 2. The van der Waals surface area contributed by atoms with E-state index in [1.165, 1.54) is 77.0 Å². The van der Waals surface area contributed by atoms with E-state index in [1.54, 1.807) is 0 Å². The summed E-state index contributed by atoms with van der Waals surface area (Å²) in [7, 11) is -3.21. The molecule has 1 N–H and O–H groups in total. The van der Waals surface area contributed by atoms with Gasteiger partial charge >= 0.3 is 19.8 Å². The van der Waals surface area contributed by atoms with Crippen LogP contribution < -0.4 is 0 Å². The van der Waals surface area contributed by atoms with E-state index in [2.05, 4.69) is 91.3 Å². The van der Waals surface area contributed by atoms with E-state index in [0.717, 1.165) is 97.0 Å². The third-order valence-electron chi connectivity index (χ3n) is 9.68. The van der Waals surface area contributed by atoms with Crippen molar-refractivity contribution in [3.63, 3.8) is 0 Å². The smallest absolute Gasteiger partial charge is 0.462 e. The molecule has 0 rings (SSSR count).